The lowest BCUT2D eigenvalue weighted by Gasteiger charge is -2.25. The number of amides is 1. The van der Waals surface area contributed by atoms with Gasteiger partial charge in [0, 0.05) is 6.92 Å². The summed E-state index contributed by atoms with van der Waals surface area (Å²) in [4.78, 5) is 35.5. The van der Waals surface area contributed by atoms with E-state index in [1.165, 1.54) is 13.8 Å². The van der Waals surface area contributed by atoms with E-state index >= 15 is 0 Å². The highest BCUT2D eigenvalue weighted by Crippen LogP contribution is 2.10. The van der Waals surface area contributed by atoms with Crippen molar-refractivity contribution in [1.29, 1.82) is 0 Å². The molecular formula is C18H25NO6. The van der Waals surface area contributed by atoms with Crippen LogP contribution in [0.3, 0.4) is 0 Å². The van der Waals surface area contributed by atoms with Crippen molar-refractivity contribution in [3.63, 3.8) is 0 Å². The third-order valence-electron chi connectivity index (χ3n) is 2.97. The average Bonchev–Trinajstić information content (AvgIpc) is 2.48. The number of carbonyl (C=O) groups is 3. The molecule has 0 aliphatic rings. The highest BCUT2D eigenvalue weighted by Gasteiger charge is 2.32. The van der Waals surface area contributed by atoms with E-state index in [-0.39, 0.29) is 6.61 Å². The van der Waals surface area contributed by atoms with E-state index in [1.807, 2.05) is 18.2 Å². The molecule has 0 aliphatic heterocycles. The van der Waals surface area contributed by atoms with Gasteiger partial charge < -0.3 is 19.5 Å². The zero-order chi connectivity index (χ0) is 19.0. The zero-order valence-corrected chi connectivity index (χ0v) is 15.2. The topological polar surface area (TPSA) is 90.9 Å². The number of alkyl carbamates (subject to hydrolysis) is 1. The second kappa shape index (κ2) is 9.05. The Morgan fingerprint density at radius 1 is 1.12 bits per heavy atom. The number of nitrogens with one attached hydrogen (secondary N) is 1. The van der Waals surface area contributed by atoms with E-state index in [1.54, 1.807) is 32.9 Å². The summed E-state index contributed by atoms with van der Waals surface area (Å²) in [6.45, 7) is 7.85. The van der Waals surface area contributed by atoms with Gasteiger partial charge in [0.2, 0.25) is 0 Å². The number of rotatable bonds is 6. The Hall–Kier alpha value is -2.57. The Balaban J connectivity index is 2.76. The molecule has 1 aromatic rings. The van der Waals surface area contributed by atoms with Crippen molar-refractivity contribution in [1.82, 2.24) is 5.32 Å². The first-order chi connectivity index (χ1) is 11.6. The average molecular weight is 351 g/mol. The molecule has 0 aliphatic carbocycles. The fraction of sp³-hybridized carbons (Fsp3) is 0.500. The third-order valence-corrected chi connectivity index (χ3v) is 2.97. The van der Waals surface area contributed by atoms with Gasteiger partial charge >= 0.3 is 18.0 Å². The van der Waals surface area contributed by atoms with Gasteiger partial charge in [0.05, 0.1) is 0 Å². The van der Waals surface area contributed by atoms with Crippen molar-refractivity contribution in [2.45, 2.75) is 59.0 Å². The summed E-state index contributed by atoms with van der Waals surface area (Å²) in [5, 5.41) is 2.40. The number of esters is 2. The summed E-state index contributed by atoms with van der Waals surface area (Å²) in [5.74, 6) is -1.29. The van der Waals surface area contributed by atoms with Gasteiger partial charge in [-0.25, -0.2) is 9.59 Å². The van der Waals surface area contributed by atoms with Gasteiger partial charge in [-0.05, 0) is 33.3 Å². The molecule has 0 radical (unpaired) electrons. The standard InChI is InChI=1S/C18H25NO6/c1-12(24-13(2)20)15(19-17(22)25-18(3,4)5)16(21)23-11-14-9-7-6-8-10-14/h6-10,12,15H,11H2,1-5H3,(H,19,22)/t12-,15+/m1/s1. The molecule has 1 aromatic carbocycles. The maximum Gasteiger partial charge on any atom is 0.408 e. The van der Waals surface area contributed by atoms with Crippen LogP contribution in [0.15, 0.2) is 30.3 Å². The molecule has 0 aromatic heterocycles. The van der Waals surface area contributed by atoms with Crippen LogP contribution in [0.4, 0.5) is 4.79 Å². The van der Waals surface area contributed by atoms with E-state index in [0.717, 1.165) is 5.56 Å². The van der Waals surface area contributed by atoms with Gasteiger partial charge in [0.15, 0.2) is 6.04 Å². The summed E-state index contributed by atoms with van der Waals surface area (Å²) < 4.78 is 15.4. The maximum absolute atomic E-state index is 12.4. The Morgan fingerprint density at radius 2 is 1.72 bits per heavy atom. The second-order valence-electron chi connectivity index (χ2n) is 6.53. The van der Waals surface area contributed by atoms with Gasteiger partial charge in [0.1, 0.15) is 18.3 Å². The molecule has 7 heteroatoms. The fourth-order valence-electron chi connectivity index (χ4n) is 1.95. The van der Waals surface area contributed by atoms with Crippen molar-refractivity contribution < 1.29 is 28.6 Å². The Labute approximate surface area is 147 Å². The predicted octanol–water partition coefficient (Wildman–Crippen LogP) is 2.57. The van der Waals surface area contributed by atoms with Crippen LogP contribution in [0.5, 0.6) is 0 Å². The monoisotopic (exact) mass is 351 g/mol. The first-order valence-corrected chi connectivity index (χ1v) is 7.96. The molecule has 1 rings (SSSR count). The molecule has 0 heterocycles. The highest BCUT2D eigenvalue weighted by atomic mass is 16.6. The van der Waals surface area contributed by atoms with Gasteiger partial charge in [-0.1, -0.05) is 30.3 Å². The van der Waals surface area contributed by atoms with Crippen LogP contribution in [-0.4, -0.2) is 35.8 Å². The summed E-state index contributed by atoms with van der Waals surface area (Å²) in [6.07, 6.45) is -1.71. The largest absolute Gasteiger partial charge is 0.460 e. The van der Waals surface area contributed by atoms with E-state index in [2.05, 4.69) is 5.32 Å². The molecule has 2 atom stereocenters. The van der Waals surface area contributed by atoms with Crippen molar-refractivity contribution in [2.75, 3.05) is 0 Å². The quantitative estimate of drug-likeness (QED) is 0.626. The summed E-state index contributed by atoms with van der Waals surface area (Å²) in [7, 11) is 0. The van der Waals surface area contributed by atoms with Crippen LogP contribution in [-0.2, 0) is 30.4 Å². The molecular weight excluding hydrogens is 326 g/mol. The number of ether oxygens (including phenoxy) is 3. The van der Waals surface area contributed by atoms with Gasteiger partial charge in [-0.3, -0.25) is 4.79 Å². The van der Waals surface area contributed by atoms with Crippen molar-refractivity contribution in [3.05, 3.63) is 35.9 Å². The van der Waals surface area contributed by atoms with Crippen molar-refractivity contribution in [2.24, 2.45) is 0 Å². The van der Waals surface area contributed by atoms with E-state index < -0.39 is 35.8 Å². The van der Waals surface area contributed by atoms with Crippen LogP contribution in [0.1, 0.15) is 40.2 Å². The van der Waals surface area contributed by atoms with Crippen LogP contribution < -0.4 is 5.32 Å². The lowest BCUT2D eigenvalue weighted by atomic mass is 10.1. The van der Waals surface area contributed by atoms with Crippen LogP contribution in [0.25, 0.3) is 0 Å². The third kappa shape index (κ3) is 8.19. The van der Waals surface area contributed by atoms with Gasteiger partial charge in [-0.15, -0.1) is 0 Å². The minimum atomic E-state index is -1.18. The molecule has 0 bridgehead atoms. The molecule has 0 unspecified atom stereocenters. The summed E-state index contributed by atoms with van der Waals surface area (Å²) in [5.41, 5.74) is 0.0692. The second-order valence-corrected chi connectivity index (χ2v) is 6.53. The van der Waals surface area contributed by atoms with Crippen molar-refractivity contribution >= 4 is 18.0 Å². The molecule has 0 fully saturated rings. The molecule has 0 spiro atoms. The first kappa shape index (κ1) is 20.5. The molecule has 7 nitrogen and oxygen atoms in total. The number of hydrogen-bond donors (Lipinski definition) is 1. The van der Waals surface area contributed by atoms with Gasteiger partial charge in [0.25, 0.3) is 0 Å². The van der Waals surface area contributed by atoms with Gasteiger partial charge in [-0.2, -0.15) is 0 Å². The number of carbonyl (C=O) groups excluding carboxylic acids is 3. The van der Waals surface area contributed by atoms with Crippen LogP contribution in [0.2, 0.25) is 0 Å². The normalized spacial score (nSPS) is 13.3. The molecule has 25 heavy (non-hydrogen) atoms. The molecule has 1 amide bonds. The molecule has 0 saturated carbocycles. The predicted molar refractivity (Wildman–Crippen MR) is 90.6 cm³/mol. The molecule has 138 valence electrons. The van der Waals surface area contributed by atoms with E-state index in [0.29, 0.717) is 0 Å². The maximum atomic E-state index is 12.4. The lowest BCUT2D eigenvalue weighted by Crippen LogP contribution is -2.51. The molecule has 0 saturated heterocycles. The van der Waals surface area contributed by atoms with E-state index in [9.17, 15) is 14.4 Å². The lowest BCUT2D eigenvalue weighted by molar-refractivity contribution is -0.157. The minimum absolute atomic E-state index is 0.0406. The first-order valence-electron chi connectivity index (χ1n) is 7.96. The Bertz CT molecular complexity index is 593. The van der Waals surface area contributed by atoms with E-state index in [4.69, 9.17) is 14.2 Å². The number of hydrogen-bond acceptors (Lipinski definition) is 6. The summed E-state index contributed by atoms with van der Waals surface area (Å²) >= 11 is 0. The highest BCUT2D eigenvalue weighted by molar-refractivity contribution is 5.82. The summed E-state index contributed by atoms with van der Waals surface area (Å²) in [6, 6.07) is 7.92. The Morgan fingerprint density at radius 3 is 2.24 bits per heavy atom. The smallest absolute Gasteiger partial charge is 0.408 e. The van der Waals surface area contributed by atoms with Crippen LogP contribution >= 0.6 is 0 Å². The molecule has 1 N–H and O–H groups in total. The fourth-order valence-corrected chi connectivity index (χ4v) is 1.95. The minimum Gasteiger partial charge on any atom is -0.460 e. The van der Waals surface area contributed by atoms with Crippen molar-refractivity contribution in [3.8, 4) is 0 Å². The Kier molecular flexibility index (Phi) is 7.42. The van der Waals surface area contributed by atoms with Crippen LogP contribution in [0, 0.1) is 0 Å². The number of benzene rings is 1. The zero-order valence-electron chi connectivity index (χ0n) is 15.2. The SMILES string of the molecule is CC(=O)O[C@H](C)[C@H](NC(=O)OC(C)(C)C)C(=O)OCc1ccccc1.